The fraction of sp³-hybridized carbons (Fsp3) is 0.667. The number of ether oxygens (including phenoxy) is 1. The second-order valence-electron chi connectivity index (χ2n) is 6.17. The van der Waals surface area contributed by atoms with Crippen LogP contribution in [0.15, 0.2) is 24.3 Å². The minimum absolute atomic E-state index is 0.150. The van der Waals surface area contributed by atoms with Crippen LogP contribution in [0.5, 0.6) is 5.75 Å². The Morgan fingerprint density at radius 3 is 2.76 bits per heavy atom. The van der Waals surface area contributed by atoms with Crippen LogP contribution < -0.4 is 10.5 Å². The summed E-state index contributed by atoms with van der Waals surface area (Å²) in [5.41, 5.74) is 7.74. The number of benzene rings is 1. The highest BCUT2D eigenvalue weighted by Crippen LogP contribution is 2.35. The van der Waals surface area contributed by atoms with Gasteiger partial charge in [0.2, 0.25) is 0 Å². The third kappa shape index (κ3) is 3.78. The number of nitrogens with two attached hydrogens (primary N) is 1. The molecule has 1 aliphatic rings. The van der Waals surface area contributed by atoms with Crippen LogP contribution in [-0.4, -0.2) is 31.1 Å². The zero-order valence-electron chi connectivity index (χ0n) is 13.7. The molecule has 3 nitrogen and oxygen atoms in total. The van der Waals surface area contributed by atoms with Crippen molar-refractivity contribution >= 4 is 0 Å². The Hall–Kier alpha value is -1.06. The molecular weight excluding hydrogens is 260 g/mol. The largest absolute Gasteiger partial charge is 0.496 e. The molecule has 1 saturated heterocycles. The number of para-hydroxylation sites is 1. The number of likely N-dealkylation sites (tertiary alicyclic amines) is 1. The van der Waals surface area contributed by atoms with Gasteiger partial charge in [-0.3, -0.25) is 4.90 Å². The molecule has 1 aliphatic heterocycles. The predicted octanol–water partition coefficient (Wildman–Crippen LogP) is 3.60. The van der Waals surface area contributed by atoms with Gasteiger partial charge >= 0.3 is 0 Å². The van der Waals surface area contributed by atoms with E-state index in [9.17, 15) is 0 Å². The number of rotatable bonds is 6. The first-order valence-electron chi connectivity index (χ1n) is 8.33. The summed E-state index contributed by atoms with van der Waals surface area (Å²) in [5.74, 6) is 1.77. The summed E-state index contributed by atoms with van der Waals surface area (Å²) in [7, 11) is 1.75. The molecule has 3 heteroatoms. The van der Waals surface area contributed by atoms with Crippen molar-refractivity contribution < 1.29 is 4.74 Å². The summed E-state index contributed by atoms with van der Waals surface area (Å²) in [6.45, 7) is 6.78. The Kier molecular flexibility index (Phi) is 6.07. The first-order chi connectivity index (χ1) is 10.2. The molecule has 2 rings (SSSR count). The number of piperidine rings is 1. The van der Waals surface area contributed by atoms with Gasteiger partial charge in [0.25, 0.3) is 0 Å². The van der Waals surface area contributed by atoms with Crippen molar-refractivity contribution in [2.75, 3.05) is 20.2 Å². The van der Waals surface area contributed by atoms with Gasteiger partial charge in [0.05, 0.1) is 13.2 Å². The first-order valence-corrected chi connectivity index (χ1v) is 8.33. The second kappa shape index (κ2) is 7.81. The molecule has 118 valence electrons. The van der Waals surface area contributed by atoms with E-state index in [1.165, 1.54) is 24.8 Å². The van der Waals surface area contributed by atoms with Gasteiger partial charge in [-0.25, -0.2) is 0 Å². The summed E-state index contributed by atoms with van der Waals surface area (Å²) in [5, 5.41) is 0. The van der Waals surface area contributed by atoms with Gasteiger partial charge < -0.3 is 10.5 Å². The summed E-state index contributed by atoms with van der Waals surface area (Å²) in [6, 6.07) is 8.76. The molecule has 3 atom stereocenters. The minimum atomic E-state index is 0.150. The van der Waals surface area contributed by atoms with Crippen molar-refractivity contribution in [1.29, 1.82) is 0 Å². The average molecular weight is 290 g/mol. The van der Waals surface area contributed by atoms with Crippen LogP contribution in [0.1, 0.15) is 51.1 Å². The normalized spacial score (nSPS) is 22.8. The predicted molar refractivity (Wildman–Crippen MR) is 88.6 cm³/mol. The molecule has 1 aromatic carbocycles. The van der Waals surface area contributed by atoms with E-state index in [-0.39, 0.29) is 12.1 Å². The number of hydrogen-bond acceptors (Lipinski definition) is 3. The highest BCUT2D eigenvalue weighted by Gasteiger charge is 2.31. The maximum atomic E-state index is 6.49. The lowest BCUT2D eigenvalue weighted by atomic mass is 9.89. The molecule has 21 heavy (non-hydrogen) atoms. The van der Waals surface area contributed by atoms with Crippen LogP contribution in [0.4, 0.5) is 0 Å². The van der Waals surface area contributed by atoms with Crippen LogP contribution in [0, 0.1) is 5.92 Å². The molecule has 0 amide bonds. The van der Waals surface area contributed by atoms with E-state index in [4.69, 9.17) is 10.5 Å². The summed E-state index contributed by atoms with van der Waals surface area (Å²) in [6.07, 6.45) is 4.88. The van der Waals surface area contributed by atoms with Crippen LogP contribution in [0.2, 0.25) is 0 Å². The molecule has 0 aliphatic carbocycles. The number of hydrogen-bond donors (Lipinski definition) is 1. The molecule has 1 heterocycles. The maximum Gasteiger partial charge on any atom is 0.123 e. The molecule has 1 fully saturated rings. The fourth-order valence-electron chi connectivity index (χ4n) is 3.52. The quantitative estimate of drug-likeness (QED) is 0.870. The van der Waals surface area contributed by atoms with Crippen LogP contribution in [0.25, 0.3) is 0 Å². The lowest BCUT2D eigenvalue weighted by Crippen LogP contribution is -2.45. The molecule has 3 unspecified atom stereocenters. The van der Waals surface area contributed by atoms with E-state index < -0.39 is 0 Å². The zero-order chi connectivity index (χ0) is 15.2. The maximum absolute atomic E-state index is 6.49. The molecule has 0 bridgehead atoms. The first kappa shape index (κ1) is 16.3. The standard InChI is InChI=1S/C18H30N2O/c1-4-14-9-8-12-20(13-14)18(16(19)5-2)15-10-6-7-11-17(15)21-3/h6-7,10-11,14,16,18H,4-5,8-9,12-13,19H2,1-3H3. The number of methoxy groups -OCH3 is 1. The highest BCUT2D eigenvalue weighted by molar-refractivity contribution is 5.37. The lowest BCUT2D eigenvalue weighted by Gasteiger charge is -2.41. The van der Waals surface area contributed by atoms with Crippen molar-refractivity contribution in [2.24, 2.45) is 11.7 Å². The van der Waals surface area contributed by atoms with Crippen molar-refractivity contribution in [3.05, 3.63) is 29.8 Å². The molecule has 0 spiro atoms. The van der Waals surface area contributed by atoms with Crippen LogP contribution in [-0.2, 0) is 0 Å². The molecular formula is C18H30N2O. The SMILES string of the molecule is CCC1CCCN(C(c2ccccc2OC)C(N)CC)C1. The Balaban J connectivity index is 2.29. The number of nitrogens with zero attached hydrogens (tertiary/aromatic N) is 1. The average Bonchev–Trinajstić information content (AvgIpc) is 2.55. The van der Waals surface area contributed by atoms with Gasteiger partial charge in [-0.05, 0) is 37.8 Å². The van der Waals surface area contributed by atoms with Gasteiger partial charge in [0, 0.05) is 18.2 Å². The highest BCUT2D eigenvalue weighted by atomic mass is 16.5. The Bertz CT molecular complexity index is 435. The summed E-state index contributed by atoms with van der Waals surface area (Å²) in [4.78, 5) is 2.59. The third-order valence-electron chi connectivity index (χ3n) is 4.86. The molecule has 2 N–H and O–H groups in total. The van der Waals surface area contributed by atoms with Gasteiger partial charge in [0.1, 0.15) is 5.75 Å². The van der Waals surface area contributed by atoms with E-state index in [1.807, 2.05) is 12.1 Å². The van der Waals surface area contributed by atoms with E-state index in [1.54, 1.807) is 7.11 Å². The Morgan fingerprint density at radius 2 is 2.10 bits per heavy atom. The van der Waals surface area contributed by atoms with Gasteiger partial charge in [0.15, 0.2) is 0 Å². The summed E-state index contributed by atoms with van der Waals surface area (Å²) >= 11 is 0. The third-order valence-corrected chi connectivity index (χ3v) is 4.86. The summed E-state index contributed by atoms with van der Waals surface area (Å²) < 4.78 is 5.58. The Morgan fingerprint density at radius 1 is 1.33 bits per heavy atom. The lowest BCUT2D eigenvalue weighted by molar-refractivity contribution is 0.102. The van der Waals surface area contributed by atoms with Crippen molar-refractivity contribution in [2.45, 2.75) is 51.6 Å². The topological polar surface area (TPSA) is 38.5 Å². The van der Waals surface area contributed by atoms with Gasteiger partial charge in [-0.15, -0.1) is 0 Å². The van der Waals surface area contributed by atoms with Crippen LogP contribution in [0.3, 0.4) is 0 Å². The monoisotopic (exact) mass is 290 g/mol. The molecule has 0 aromatic heterocycles. The van der Waals surface area contributed by atoms with E-state index in [0.717, 1.165) is 31.2 Å². The second-order valence-corrected chi connectivity index (χ2v) is 6.17. The van der Waals surface area contributed by atoms with E-state index in [2.05, 4.69) is 30.9 Å². The van der Waals surface area contributed by atoms with Crippen molar-refractivity contribution in [1.82, 2.24) is 4.90 Å². The fourth-order valence-corrected chi connectivity index (χ4v) is 3.52. The van der Waals surface area contributed by atoms with E-state index >= 15 is 0 Å². The molecule has 1 aromatic rings. The smallest absolute Gasteiger partial charge is 0.123 e. The van der Waals surface area contributed by atoms with Crippen LogP contribution >= 0.6 is 0 Å². The van der Waals surface area contributed by atoms with Gasteiger partial charge in [-0.2, -0.15) is 0 Å². The molecule has 0 saturated carbocycles. The Labute approximate surface area is 129 Å². The zero-order valence-corrected chi connectivity index (χ0v) is 13.7. The van der Waals surface area contributed by atoms with Crippen molar-refractivity contribution in [3.63, 3.8) is 0 Å². The van der Waals surface area contributed by atoms with Gasteiger partial charge in [-0.1, -0.05) is 38.5 Å². The minimum Gasteiger partial charge on any atom is -0.496 e. The van der Waals surface area contributed by atoms with Crippen molar-refractivity contribution in [3.8, 4) is 5.75 Å². The van der Waals surface area contributed by atoms with E-state index in [0.29, 0.717) is 0 Å². The molecule has 0 radical (unpaired) electrons.